The van der Waals surface area contributed by atoms with Gasteiger partial charge in [-0.1, -0.05) is 0 Å². The average molecular weight is 246 g/mol. The molecule has 0 fully saturated rings. The zero-order chi connectivity index (χ0) is 7.15. The number of carboxylic acid groups (broad SMARTS) is 4. The molecular formula is C2H9K2NaO7. The average Bonchev–Trinajstić information content (AvgIpc) is 1.25. The molecule has 0 rings (SSSR count). The number of carbonyl (C=O) groups is 2. The first-order valence-electron chi connectivity index (χ1n) is 1.30. The van der Waals surface area contributed by atoms with E-state index in [0.717, 1.165) is 0 Å². The van der Waals surface area contributed by atoms with E-state index in [1.54, 1.807) is 0 Å². The van der Waals surface area contributed by atoms with E-state index >= 15 is 0 Å². The molecule has 0 saturated heterocycles. The Balaban J connectivity index is -0.0000000112. The first-order valence-corrected chi connectivity index (χ1v) is 1.30. The minimum atomic E-state index is -1.83. The van der Waals surface area contributed by atoms with Crippen molar-refractivity contribution in [1.82, 2.24) is 0 Å². The van der Waals surface area contributed by atoms with Gasteiger partial charge in [0.1, 0.15) is 0 Å². The summed E-state index contributed by atoms with van der Waals surface area (Å²) in [6.45, 7) is 0. The van der Waals surface area contributed by atoms with E-state index < -0.39 is 12.3 Å². The third-order valence-corrected chi connectivity index (χ3v) is 0. The molecule has 0 aromatic rings. The van der Waals surface area contributed by atoms with Crippen molar-refractivity contribution in [2.24, 2.45) is 0 Å². The first-order chi connectivity index (χ1) is 3.46. The van der Waals surface area contributed by atoms with Crippen LogP contribution in [0.5, 0.6) is 0 Å². The van der Waals surface area contributed by atoms with Gasteiger partial charge >= 0.3 is 145 Å². The van der Waals surface area contributed by atoms with Crippen molar-refractivity contribution in [3.05, 3.63) is 0 Å². The van der Waals surface area contributed by atoms with Gasteiger partial charge in [-0.3, -0.25) is 0 Å². The topological polar surface area (TPSA) is 147 Å². The summed E-state index contributed by atoms with van der Waals surface area (Å²) in [6.07, 6.45) is -3.67. The molecule has 0 aromatic heterocycles. The van der Waals surface area contributed by atoms with E-state index in [4.69, 9.17) is 30.0 Å². The summed E-state index contributed by atoms with van der Waals surface area (Å²) in [6, 6.07) is 0. The van der Waals surface area contributed by atoms with Crippen LogP contribution in [0.2, 0.25) is 0 Å². The molecule has 0 spiro atoms. The summed E-state index contributed by atoms with van der Waals surface area (Å²) >= 11 is 0. The van der Waals surface area contributed by atoms with Gasteiger partial charge in [0.05, 0.1) is 0 Å². The summed E-state index contributed by atoms with van der Waals surface area (Å²) in [5.74, 6) is 0. The Kier molecular flexibility index (Phi) is 88.6. The SMILES string of the molecule is O.O=C(O)O.O=C(O)O.[KH].[KH].[NaH]. The molecule has 62 valence electrons. The van der Waals surface area contributed by atoms with Crippen LogP contribution >= 0.6 is 0 Å². The van der Waals surface area contributed by atoms with E-state index in [1.807, 2.05) is 0 Å². The van der Waals surface area contributed by atoms with Crippen molar-refractivity contribution in [3.63, 3.8) is 0 Å². The van der Waals surface area contributed by atoms with Crippen molar-refractivity contribution in [2.75, 3.05) is 0 Å². The molecule has 7 nitrogen and oxygen atoms in total. The Labute approximate surface area is 175 Å². The van der Waals surface area contributed by atoms with Gasteiger partial charge in [-0.15, -0.1) is 0 Å². The molecule has 0 saturated carbocycles. The number of rotatable bonds is 0. The van der Waals surface area contributed by atoms with Gasteiger partial charge in [0.15, 0.2) is 0 Å². The van der Waals surface area contributed by atoms with E-state index in [1.165, 1.54) is 0 Å². The zero-order valence-corrected chi connectivity index (χ0v) is 4.11. The van der Waals surface area contributed by atoms with Crippen molar-refractivity contribution in [3.8, 4) is 0 Å². The predicted molar refractivity (Wildman–Crippen MR) is 46.4 cm³/mol. The summed E-state index contributed by atoms with van der Waals surface area (Å²) in [4.78, 5) is 17.1. The van der Waals surface area contributed by atoms with E-state index in [-0.39, 0.29) is 138 Å². The van der Waals surface area contributed by atoms with Crippen LogP contribution in [-0.2, 0) is 0 Å². The fraction of sp³-hybridized carbons (Fsp3) is 0. The molecule has 0 amide bonds. The minimum absolute atomic E-state index is 0. The predicted octanol–water partition coefficient (Wildman–Crippen LogP) is -2.33. The summed E-state index contributed by atoms with van der Waals surface area (Å²) in [5, 5.41) is 27.9. The third kappa shape index (κ3) is 230. The van der Waals surface area contributed by atoms with E-state index in [2.05, 4.69) is 0 Å². The second-order valence-electron chi connectivity index (χ2n) is 0.565. The molecule has 0 atom stereocenters. The fourth-order valence-electron chi connectivity index (χ4n) is 0. The van der Waals surface area contributed by atoms with Crippen LogP contribution in [-0.4, -0.2) is 171 Å². The van der Waals surface area contributed by atoms with Gasteiger partial charge in [0.25, 0.3) is 0 Å². The number of hydrogen-bond acceptors (Lipinski definition) is 2. The fourth-order valence-corrected chi connectivity index (χ4v) is 0. The van der Waals surface area contributed by atoms with Gasteiger partial charge in [-0.05, 0) is 0 Å². The molecule has 0 radical (unpaired) electrons. The van der Waals surface area contributed by atoms with Crippen LogP contribution in [0.4, 0.5) is 9.59 Å². The number of hydrogen-bond donors (Lipinski definition) is 4. The molecule has 0 aliphatic carbocycles. The summed E-state index contributed by atoms with van der Waals surface area (Å²) in [5.41, 5.74) is 0. The van der Waals surface area contributed by atoms with Crippen LogP contribution in [0.3, 0.4) is 0 Å². The summed E-state index contributed by atoms with van der Waals surface area (Å²) < 4.78 is 0. The monoisotopic (exact) mass is 246 g/mol. The van der Waals surface area contributed by atoms with Gasteiger partial charge < -0.3 is 25.9 Å². The maximum absolute atomic E-state index is 8.56. The summed E-state index contributed by atoms with van der Waals surface area (Å²) in [7, 11) is 0. The first kappa shape index (κ1) is 36.4. The van der Waals surface area contributed by atoms with Crippen molar-refractivity contribution < 1.29 is 35.5 Å². The van der Waals surface area contributed by atoms with Crippen LogP contribution < -0.4 is 0 Å². The molecule has 10 heteroatoms. The molecule has 0 aliphatic heterocycles. The van der Waals surface area contributed by atoms with Crippen molar-refractivity contribution >= 4 is 145 Å². The van der Waals surface area contributed by atoms with Gasteiger partial charge in [-0.25, -0.2) is 9.59 Å². The third-order valence-electron chi connectivity index (χ3n) is 0. The zero-order valence-electron chi connectivity index (χ0n) is 4.11. The Hall–Kier alpha value is 2.77. The quantitative estimate of drug-likeness (QED) is 0.353. The Morgan fingerprint density at radius 1 is 0.750 bits per heavy atom. The molecule has 12 heavy (non-hydrogen) atoms. The molecular weight excluding hydrogens is 237 g/mol. The molecule has 0 unspecified atom stereocenters. The second kappa shape index (κ2) is 29.2. The second-order valence-corrected chi connectivity index (χ2v) is 0.565. The molecule has 0 aliphatic rings. The Bertz CT molecular complexity index is 77.4. The Morgan fingerprint density at radius 2 is 0.750 bits per heavy atom. The molecule has 0 heterocycles. The van der Waals surface area contributed by atoms with Crippen molar-refractivity contribution in [1.29, 1.82) is 0 Å². The standard InChI is InChI=1S/2CH2O3.2K.Na.H2O.3H/c2*2-1(3)4;;;;;;;/h2*(H2,2,3,4);;;;1H2;;;. The molecule has 0 aromatic carbocycles. The van der Waals surface area contributed by atoms with Gasteiger partial charge in [0.2, 0.25) is 0 Å². The van der Waals surface area contributed by atoms with Crippen LogP contribution in [0.15, 0.2) is 0 Å². The van der Waals surface area contributed by atoms with Crippen LogP contribution in [0.25, 0.3) is 0 Å². The molecule has 0 bridgehead atoms. The van der Waals surface area contributed by atoms with Gasteiger partial charge in [-0.2, -0.15) is 0 Å². The van der Waals surface area contributed by atoms with Gasteiger partial charge in [0, 0.05) is 0 Å². The van der Waals surface area contributed by atoms with Crippen LogP contribution in [0, 0.1) is 0 Å². The van der Waals surface area contributed by atoms with Crippen molar-refractivity contribution in [2.45, 2.75) is 0 Å². The Morgan fingerprint density at radius 3 is 0.750 bits per heavy atom. The maximum atomic E-state index is 8.56. The van der Waals surface area contributed by atoms with E-state index in [0.29, 0.717) is 0 Å². The van der Waals surface area contributed by atoms with Crippen LogP contribution in [0.1, 0.15) is 0 Å². The normalized spacial score (nSPS) is 4.00. The molecule has 6 N–H and O–H groups in total. The van der Waals surface area contributed by atoms with E-state index in [9.17, 15) is 0 Å².